The first-order valence-corrected chi connectivity index (χ1v) is 4.28. The van der Waals surface area contributed by atoms with Crippen LogP contribution in [0.25, 0.3) is 0 Å². The van der Waals surface area contributed by atoms with Crippen molar-refractivity contribution in [3.63, 3.8) is 0 Å². The summed E-state index contributed by atoms with van der Waals surface area (Å²) < 4.78 is 0. The summed E-state index contributed by atoms with van der Waals surface area (Å²) in [4.78, 5) is 9.85. The number of carbonyl (C=O) groups is 1. The van der Waals surface area contributed by atoms with Crippen molar-refractivity contribution in [1.29, 1.82) is 0 Å². The summed E-state index contributed by atoms with van der Waals surface area (Å²) >= 11 is 0. The Bertz CT molecular complexity index is 148. The van der Waals surface area contributed by atoms with Crippen LogP contribution >= 0.6 is 0 Å². The average molecular weight is 168 g/mol. The van der Waals surface area contributed by atoms with Crippen LogP contribution in [0.5, 0.6) is 0 Å². The maximum atomic E-state index is 9.85. The number of rotatable bonds is 7. The van der Waals surface area contributed by atoms with Gasteiger partial charge in [-0.3, -0.25) is 4.79 Å². The van der Waals surface area contributed by atoms with Gasteiger partial charge in [-0.15, -0.1) is 0 Å². The van der Waals surface area contributed by atoms with E-state index in [4.69, 9.17) is 5.11 Å². The molecule has 0 aliphatic rings. The number of aldehydes is 1. The van der Waals surface area contributed by atoms with Crippen LogP contribution in [0, 0.1) is 0 Å². The van der Waals surface area contributed by atoms with Crippen LogP contribution in [0.2, 0.25) is 0 Å². The molecule has 0 aliphatic heterocycles. The van der Waals surface area contributed by atoms with Gasteiger partial charge in [0.15, 0.2) is 0 Å². The molecule has 0 saturated heterocycles. The lowest BCUT2D eigenvalue weighted by molar-refractivity contribution is -0.104. The van der Waals surface area contributed by atoms with E-state index < -0.39 is 0 Å². The zero-order valence-electron chi connectivity index (χ0n) is 7.28. The number of allylic oxidation sites excluding steroid dienone is 3. The van der Waals surface area contributed by atoms with E-state index in [1.54, 1.807) is 6.08 Å². The van der Waals surface area contributed by atoms with Gasteiger partial charge in [0.25, 0.3) is 0 Å². The second-order valence-electron chi connectivity index (χ2n) is 2.50. The van der Waals surface area contributed by atoms with Gasteiger partial charge < -0.3 is 5.11 Å². The van der Waals surface area contributed by atoms with Gasteiger partial charge in [-0.05, 0) is 31.8 Å². The molecule has 1 N–H and O–H groups in total. The molecule has 0 heterocycles. The highest BCUT2D eigenvalue weighted by atomic mass is 16.2. The second-order valence-corrected chi connectivity index (χ2v) is 2.50. The summed E-state index contributed by atoms with van der Waals surface area (Å²) in [5, 5.41) is 8.40. The fraction of sp³-hybridized carbons (Fsp3) is 0.500. The Kier molecular flexibility index (Phi) is 9.36. The molecule has 0 bridgehead atoms. The number of carbonyl (C=O) groups excluding carboxylic acids is 1. The average Bonchev–Trinajstić information content (AvgIpc) is 2.10. The van der Waals surface area contributed by atoms with Crippen LogP contribution in [0.3, 0.4) is 0 Å². The van der Waals surface area contributed by atoms with Crippen molar-refractivity contribution in [2.75, 3.05) is 6.61 Å². The van der Waals surface area contributed by atoms with Crippen molar-refractivity contribution in [3.8, 4) is 0 Å². The Morgan fingerprint density at radius 2 is 1.67 bits per heavy atom. The third-order valence-corrected chi connectivity index (χ3v) is 1.48. The molecule has 0 amide bonds. The van der Waals surface area contributed by atoms with Crippen LogP contribution < -0.4 is 0 Å². The molecule has 0 unspecified atom stereocenters. The van der Waals surface area contributed by atoms with E-state index >= 15 is 0 Å². The minimum atomic E-state index is 0.130. The molecule has 0 aromatic carbocycles. The second kappa shape index (κ2) is 10.1. The van der Waals surface area contributed by atoms with E-state index in [0.717, 1.165) is 32.0 Å². The molecule has 12 heavy (non-hydrogen) atoms. The Morgan fingerprint density at radius 3 is 2.25 bits per heavy atom. The molecule has 0 radical (unpaired) electrons. The fourth-order valence-corrected chi connectivity index (χ4v) is 0.869. The molecule has 0 rings (SSSR count). The van der Waals surface area contributed by atoms with Crippen molar-refractivity contribution in [3.05, 3.63) is 24.3 Å². The van der Waals surface area contributed by atoms with Gasteiger partial charge in [-0.25, -0.2) is 0 Å². The Labute approximate surface area is 73.6 Å². The van der Waals surface area contributed by atoms with E-state index in [0.29, 0.717) is 0 Å². The fourth-order valence-electron chi connectivity index (χ4n) is 0.869. The summed E-state index contributed by atoms with van der Waals surface area (Å²) in [6, 6.07) is 0. The molecule has 0 spiro atoms. The Morgan fingerprint density at radius 1 is 1.00 bits per heavy atom. The zero-order chi connectivity index (χ0) is 9.07. The van der Waals surface area contributed by atoms with Gasteiger partial charge in [0.05, 0.1) is 6.61 Å². The predicted molar refractivity (Wildman–Crippen MR) is 49.9 cm³/mol. The first-order valence-electron chi connectivity index (χ1n) is 4.28. The lowest BCUT2D eigenvalue weighted by atomic mass is 10.2. The third kappa shape index (κ3) is 9.11. The zero-order valence-corrected chi connectivity index (χ0v) is 7.28. The van der Waals surface area contributed by atoms with Gasteiger partial charge in [0.1, 0.15) is 6.29 Å². The highest BCUT2D eigenvalue weighted by Gasteiger charge is 1.82. The summed E-state index contributed by atoms with van der Waals surface area (Å²) in [6.45, 7) is 0.130. The third-order valence-electron chi connectivity index (χ3n) is 1.48. The standard InChI is InChI=1S/C10H16O2/c11-9-7-5-3-1-2-4-6-8-10-12/h5-9,12H,1-4,10H2/b7-5+,8-6+. The SMILES string of the molecule is O=C/C=C/CCCC/C=C/CO. The number of hydrogen-bond donors (Lipinski definition) is 1. The van der Waals surface area contributed by atoms with Gasteiger partial charge in [-0.1, -0.05) is 18.2 Å². The van der Waals surface area contributed by atoms with Gasteiger partial charge in [0, 0.05) is 0 Å². The minimum Gasteiger partial charge on any atom is -0.392 e. The lowest BCUT2D eigenvalue weighted by Gasteiger charge is -1.91. The molecule has 0 aromatic rings. The van der Waals surface area contributed by atoms with Crippen LogP contribution in [0.15, 0.2) is 24.3 Å². The van der Waals surface area contributed by atoms with E-state index in [2.05, 4.69) is 0 Å². The molecular weight excluding hydrogens is 152 g/mol. The van der Waals surface area contributed by atoms with E-state index in [1.807, 2.05) is 12.2 Å². The Hall–Kier alpha value is -0.890. The Balaban J connectivity index is 3.05. The highest BCUT2D eigenvalue weighted by Crippen LogP contribution is 2.00. The summed E-state index contributed by atoms with van der Waals surface area (Å²) in [5.74, 6) is 0. The molecule has 0 fully saturated rings. The largest absolute Gasteiger partial charge is 0.392 e. The molecule has 0 saturated carbocycles. The maximum Gasteiger partial charge on any atom is 0.142 e. The number of unbranched alkanes of at least 4 members (excludes halogenated alkanes) is 3. The highest BCUT2D eigenvalue weighted by molar-refractivity contribution is 5.64. The van der Waals surface area contributed by atoms with Gasteiger partial charge >= 0.3 is 0 Å². The van der Waals surface area contributed by atoms with Crippen molar-refractivity contribution in [2.24, 2.45) is 0 Å². The number of aliphatic hydroxyl groups excluding tert-OH is 1. The summed E-state index contributed by atoms with van der Waals surface area (Å²) in [6.07, 6.45) is 12.1. The van der Waals surface area contributed by atoms with Crippen molar-refractivity contribution >= 4 is 6.29 Å². The van der Waals surface area contributed by atoms with Crippen molar-refractivity contribution < 1.29 is 9.90 Å². The lowest BCUT2D eigenvalue weighted by Crippen LogP contribution is -1.75. The molecule has 0 aromatic heterocycles. The molecular formula is C10H16O2. The predicted octanol–water partition coefficient (Wildman–Crippen LogP) is 1.85. The molecule has 68 valence electrons. The van der Waals surface area contributed by atoms with Crippen molar-refractivity contribution in [1.82, 2.24) is 0 Å². The van der Waals surface area contributed by atoms with Gasteiger partial charge in [0.2, 0.25) is 0 Å². The summed E-state index contributed by atoms with van der Waals surface area (Å²) in [5.41, 5.74) is 0. The summed E-state index contributed by atoms with van der Waals surface area (Å²) in [7, 11) is 0. The molecule has 0 aliphatic carbocycles. The quantitative estimate of drug-likeness (QED) is 0.272. The number of aliphatic hydroxyl groups is 1. The van der Waals surface area contributed by atoms with Crippen molar-refractivity contribution in [2.45, 2.75) is 25.7 Å². The van der Waals surface area contributed by atoms with E-state index in [-0.39, 0.29) is 6.61 Å². The van der Waals surface area contributed by atoms with Crippen LogP contribution in [0.1, 0.15) is 25.7 Å². The smallest absolute Gasteiger partial charge is 0.142 e. The molecule has 0 atom stereocenters. The minimum absolute atomic E-state index is 0.130. The first kappa shape index (κ1) is 11.1. The van der Waals surface area contributed by atoms with Crippen LogP contribution in [-0.2, 0) is 4.79 Å². The molecule has 2 nitrogen and oxygen atoms in total. The number of hydrogen-bond acceptors (Lipinski definition) is 2. The monoisotopic (exact) mass is 168 g/mol. The van der Waals surface area contributed by atoms with Gasteiger partial charge in [-0.2, -0.15) is 0 Å². The molecule has 2 heteroatoms. The topological polar surface area (TPSA) is 37.3 Å². The van der Waals surface area contributed by atoms with E-state index in [1.165, 1.54) is 6.08 Å². The van der Waals surface area contributed by atoms with Crippen LogP contribution in [-0.4, -0.2) is 18.0 Å². The maximum absolute atomic E-state index is 9.85. The van der Waals surface area contributed by atoms with Crippen LogP contribution in [0.4, 0.5) is 0 Å². The van der Waals surface area contributed by atoms with E-state index in [9.17, 15) is 4.79 Å². The first-order chi connectivity index (χ1) is 5.91. The normalized spacial score (nSPS) is 11.4.